The Bertz CT molecular complexity index is 636. The molecule has 7 heteroatoms. The number of rotatable bonds is 7. The molecular weight excluding hydrogens is 370 g/mol. The van der Waals surface area contributed by atoms with Gasteiger partial charge in [-0.05, 0) is 44.7 Å². The van der Waals surface area contributed by atoms with E-state index in [-0.39, 0.29) is 35.4 Å². The van der Waals surface area contributed by atoms with Crippen LogP contribution in [0.4, 0.5) is 0 Å². The second-order valence-electron chi connectivity index (χ2n) is 9.64. The lowest BCUT2D eigenvalue weighted by Crippen LogP contribution is -2.59. The van der Waals surface area contributed by atoms with Gasteiger partial charge in [0.2, 0.25) is 11.8 Å². The van der Waals surface area contributed by atoms with Gasteiger partial charge in [-0.25, -0.2) is 4.79 Å². The number of likely N-dealkylation sites (tertiary alicyclic amines) is 1. The molecule has 2 N–H and O–H groups in total. The van der Waals surface area contributed by atoms with Crippen molar-refractivity contribution < 1.29 is 19.5 Å². The Morgan fingerprint density at radius 2 is 1.79 bits per heavy atom. The molecule has 0 aromatic rings. The molecule has 7 nitrogen and oxygen atoms in total. The zero-order valence-electron chi connectivity index (χ0n) is 19.3. The number of piperidine rings is 1. The van der Waals surface area contributed by atoms with E-state index in [9.17, 15) is 19.5 Å². The van der Waals surface area contributed by atoms with Crippen LogP contribution in [0.3, 0.4) is 0 Å². The lowest BCUT2D eigenvalue weighted by molar-refractivity contribution is -0.141. The maximum Gasteiger partial charge on any atom is 0.331 e. The van der Waals surface area contributed by atoms with Gasteiger partial charge in [0.25, 0.3) is 0 Å². The van der Waals surface area contributed by atoms with E-state index in [0.29, 0.717) is 0 Å². The zero-order valence-corrected chi connectivity index (χ0v) is 19.3. The maximum atomic E-state index is 13.4. The minimum atomic E-state index is -1.00. The monoisotopic (exact) mass is 409 g/mol. The minimum Gasteiger partial charge on any atom is -0.478 e. The van der Waals surface area contributed by atoms with Crippen LogP contribution in [0.1, 0.15) is 60.8 Å². The molecule has 0 bridgehead atoms. The van der Waals surface area contributed by atoms with E-state index in [1.165, 1.54) is 6.92 Å². The predicted molar refractivity (Wildman–Crippen MR) is 114 cm³/mol. The highest BCUT2D eigenvalue weighted by Gasteiger charge is 2.39. The molecule has 29 heavy (non-hydrogen) atoms. The summed E-state index contributed by atoms with van der Waals surface area (Å²) in [6.45, 7) is 12.1. The first-order valence-electron chi connectivity index (χ1n) is 10.5. The number of nitrogens with one attached hydrogen (secondary N) is 1. The molecule has 0 saturated carbocycles. The molecule has 0 spiro atoms. The van der Waals surface area contributed by atoms with Crippen molar-refractivity contribution in [3.8, 4) is 0 Å². The van der Waals surface area contributed by atoms with E-state index in [1.54, 1.807) is 18.0 Å². The third-order valence-electron chi connectivity index (χ3n) is 5.71. The largest absolute Gasteiger partial charge is 0.478 e. The highest BCUT2D eigenvalue weighted by molar-refractivity contribution is 5.91. The molecule has 3 atom stereocenters. The van der Waals surface area contributed by atoms with Crippen molar-refractivity contribution >= 4 is 17.8 Å². The van der Waals surface area contributed by atoms with Crippen LogP contribution in [0.15, 0.2) is 11.6 Å². The third kappa shape index (κ3) is 6.84. The number of hydrogen-bond acceptors (Lipinski definition) is 4. The predicted octanol–water partition coefficient (Wildman–Crippen LogP) is 2.52. The van der Waals surface area contributed by atoms with Crippen LogP contribution < -0.4 is 5.32 Å². The quantitative estimate of drug-likeness (QED) is 0.631. The first-order chi connectivity index (χ1) is 13.3. The van der Waals surface area contributed by atoms with Gasteiger partial charge in [0, 0.05) is 12.6 Å². The summed E-state index contributed by atoms with van der Waals surface area (Å²) in [6.07, 6.45) is 4.49. The molecule has 0 aromatic heterocycles. The lowest BCUT2D eigenvalue weighted by atomic mass is 9.84. The number of nitrogens with zero attached hydrogens (tertiary/aromatic N) is 2. The zero-order chi connectivity index (χ0) is 22.5. The van der Waals surface area contributed by atoms with Crippen molar-refractivity contribution in [2.24, 2.45) is 11.3 Å². The van der Waals surface area contributed by atoms with Gasteiger partial charge in [0.05, 0.1) is 12.1 Å². The van der Waals surface area contributed by atoms with Crippen molar-refractivity contribution in [3.05, 3.63) is 11.6 Å². The summed E-state index contributed by atoms with van der Waals surface area (Å²) in [7, 11) is 3.62. The fourth-order valence-electron chi connectivity index (χ4n) is 3.72. The Morgan fingerprint density at radius 1 is 1.21 bits per heavy atom. The number of carbonyl (C=O) groups is 3. The first kappa shape index (κ1) is 25.1. The Labute approximate surface area is 175 Å². The van der Waals surface area contributed by atoms with Gasteiger partial charge in [-0.15, -0.1) is 0 Å². The van der Waals surface area contributed by atoms with Crippen LogP contribution in [-0.4, -0.2) is 71.5 Å². The van der Waals surface area contributed by atoms with Crippen LogP contribution in [0, 0.1) is 11.3 Å². The Kier molecular flexibility index (Phi) is 8.87. The molecular formula is C22H39N3O4. The molecule has 1 aliphatic heterocycles. The Morgan fingerprint density at radius 3 is 2.24 bits per heavy atom. The van der Waals surface area contributed by atoms with Gasteiger partial charge in [0.1, 0.15) is 6.04 Å². The van der Waals surface area contributed by atoms with Gasteiger partial charge < -0.3 is 15.3 Å². The van der Waals surface area contributed by atoms with Crippen molar-refractivity contribution in [2.45, 2.75) is 78.9 Å². The molecule has 1 rings (SSSR count). The van der Waals surface area contributed by atoms with E-state index >= 15 is 0 Å². The molecule has 1 aliphatic rings. The fraction of sp³-hybridized carbons (Fsp3) is 0.773. The standard InChI is InChI=1S/C22H39N3O4/c1-14(2)17(13-15(3)21(28)29)25(8)20(27)18(22(4,5)6)23-19(26)16-11-9-10-12-24(16)7/h13-14,16-18H,9-12H2,1-8H3,(H,23,26)(H,28,29)/b15-13+/t16-,17+,18?/m0/s1. The van der Waals surface area contributed by atoms with Gasteiger partial charge >= 0.3 is 5.97 Å². The average molecular weight is 410 g/mol. The lowest BCUT2D eigenvalue weighted by Gasteiger charge is -2.39. The molecule has 2 amide bonds. The summed E-state index contributed by atoms with van der Waals surface area (Å²) < 4.78 is 0. The van der Waals surface area contributed by atoms with E-state index in [4.69, 9.17) is 0 Å². The number of carboxylic acids is 1. The number of amides is 2. The highest BCUT2D eigenvalue weighted by atomic mass is 16.4. The van der Waals surface area contributed by atoms with E-state index < -0.39 is 17.4 Å². The van der Waals surface area contributed by atoms with Crippen LogP contribution in [0.25, 0.3) is 0 Å². The van der Waals surface area contributed by atoms with Crippen molar-refractivity contribution in [2.75, 3.05) is 20.6 Å². The maximum absolute atomic E-state index is 13.4. The topological polar surface area (TPSA) is 90.0 Å². The SMILES string of the molecule is C/C(=C\[C@H](C(C)C)N(C)C(=O)C(NC(=O)[C@@H]1CCCCN1C)C(C)(C)C)C(=O)O. The average Bonchev–Trinajstić information content (AvgIpc) is 2.61. The molecule has 0 radical (unpaired) electrons. The molecule has 1 heterocycles. The molecule has 1 saturated heterocycles. The number of carboxylic acid groups (broad SMARTS) is 1. The summed E-state index contributed by atoms with van der Waals surface area (Å²) in [6, 6.07) is -1.30. The summed E-state index contributed by atoms with van der Waals surface area (Å²) in [4.78, 5) is 41.2. The summed E-state index contributed by atoms with van der Waals surface area (Å²) in [5.74, 6) is -1.30. The van der Waals surface area contributed by atoms with Gasteiger partial charge in [-0.2, -0.15) is 0 Å². The normalized spacial score (nSPS) is 20.9. The van der Waals surface area contributed by atoms with Crippen LogP contribution in [0.5, 0.6) is 0 Å². The van der Waals surface area contributed by atoms with Crippen molar-refractivity contribution in [1.82, 2.24) is 15.1 Å². The Hall–Kier alpha value is -1.89. The van der Waals surface area contributed by atoms with E-state index in [0.717, 1.165) is 25.8 Å². The molecule has 0 aromatic carbocycles. The second kappa shape index (κ2) is 10.2. The Balaban J connectivity index is 3.10. The summed E-state index contributed by atoms with van der Waals surface area (Å²) in [5.41, 5.74) is -0.287. The van der Waals surface area contributed by atoms with Gasteiger partial charge in [0.15, 0.2) is 0 Å². The molecule has 1 fully saturated rings. The fourth-order valence-corrected chi connectivity index (χ4v) is 3.72. The van der Waals surface area contributed by atoms with E-state index in [2.05, 4.69) is 5.32 Å². The minimum absolute atomic E-state index is 0.0269. The highest BCUT2D eigenvalue weighted by Crippen LogP contribution is 2.25. The van der Waals surface area contributed by atoms with E-state index in [1.807, 2.05) is 46.6 Å². The first-order valence-corrected chi connectivity index (χ1v) is 10.5. The number of aliphatic carboxylic acids is 1. The van der Waals surface area contributed by atoms with Gasteiger partial charge in [-0.3, -0.25) is 14.5 Å². The van der Waals surface area contributed by atoms with Crippen LogP contribution in [-0.2, 0) is 14.4 Å². The van der Waals surface area contributed by atoms with Crippen molar-refractivity contribution in [1.29, 1.82) is 0 Å². The summed E-state index contributed by atoms with van der Waals surface area (Å²) in [5, 5.41) is 12.2. The molecule has 1 unspecified atom stereocenters. The smallest absolute Gasteiger partial charge is 0.331 e. The molecule has 0 aliphatic carbocycles. The van der Waals surface area contributed by atoms with Crippen LogP contribution in [0.2, 0.25) is 0 Å². The molecule has 166 valence electrons. The number of likely N-dealkylation sites (N-methyl/N-ethyl adjacent to an activating group) is 2. The summed E-state index contributed by atoms with van der Waals surface area (Å²) >= 11 is 0. The van der Waals surface area contributed by atoms with Crippen molar-refractivity contribution in [3.63, 3.8) is 0 Å². The van der Waals surface area contributed by atoms with Crippen LogP contribution >= 0.6 is 0 Å². The van der Waals surface area contributed by atoms with Gasteiger partial charge in [-0.1, -0.05) is 47.1 Å². The number of carbonyl (C=O) groups excluding carboxylic acids is 2. The third-order valence-corrected chi connectivity index (χ3v) is 5.71. The number of hydrogen-bond donors (Lipinski definition) is 2. The second-order valence-corrected chi connectivity index (χ2v) is 9.64.